The SMILES string of the molecule is CCOc1ccc(N2C(=O)C3=C(C(c4ccc(Cl)cc4)=NCCN3)[C@@H]2c2ccc(OC)cc2)cc1. The summed E-state index contributed by atoms with van der Waals surface area (Å²) < 4.78 is 11.0. The molecule has 2 aliphatic rings. The van der Waals surface area contributed by atoms with E-state index in [1.54, 1.807) is 7.11 Å². The van der Waals surface area contributed by atoms with E-state index >= 15 is 0 Å². The molecule has 3 aromatic rings. The predicted octanol–water partition coefficient (Wildman–Crippen LogP) is 5.18. The molecule has 0 aromatic heterocycles. The minimum absolute atomic E-state index is 0.0893. The second kappa shape index (κ2) is 9.84. The van der Waals surface area contributed by atoms with E-state index in [1.165, 1.54) is 0 Å². The highest BCUT2D eigenvalue weighted by atomic mass is 35.5. The van der Waals surface area contributed by atoms with Crippen LogP contribution in [-0.2, 0) is 4.79 Å². The van der Waals surface area contributed by atoms with Crippen LogP contribution in [0.25, 0.3) is 0 Å². The topological polar surface area (TPSA) is 63.2 Å². The van der Waals surface area contributed by atoms with E-state index in [-0.39, 0.29) is 11.9 Å². The first-order valence-corrected chi connectivity index (χ1v) is 12.0. The number of carbonyl (C=O) groups is 1. The number of nitrogens with one attached hydrogen (secondary N) is 1. The van der Waals surface area contributed by atoms with Gasteiger partial charge >= 0.3 is 0 Å². The molecular formula is C28H26ClN3O3. The summed E-state index contributed by atoms with van der Waals surface area (Å²) >= 11 is 6.16. The maximum Gasteiger partial charge on any atom is 0.275 e. The lowest BCUT2D eigenvalue weighted by molar-refractivity contribution is -0.115. The summed E-state index contributed by atoms with van der Waals surface area (Å²) in [6, 6.07) is 22.7. The smallest absolute Gasteiger partial charge is 0.275 e. The van der Waals surface area contributed by atoms with Crippen molar-refractivity contribution in [3.63, 3.8) is 0 Å². The zero-order valence-corrected chi connectivity index (χ0v) is 20.4. The monoisotopic (exact) mass is 487 g/mol. The Hall–Kier alpha value is -3.77. The normalized spacial score (nSPS) is 17.5. The fourth-order valence-electron chi connectivity index (χ4n) is 4.56. The molecule has 6 nitrogen and oxygen atoms in total. The van der Waals surface area contributed by atoms with E-state index in [4.69, 9.17) is 26.1 Å². The number of hydrogen-bond acceptors (Lipinski definition) is 5. The summed E-state index contributed by atoms with van der Waals surface area (Å²) in [5.41, 5.74) is 4.89. The number of carbonyl (C=O) groups excluding carboxylic acids is 1. The molecule has 1 amide bonds. The third kappa shape index (κ3) is 4.37. The first kappa shape index (κ1) is 23.0. The van der Waals surface area contributed by atoms with Crippen molar-refractivity contribution in [2.75, 3.05) is 31.7 Å². The van der Waals surface area contributed by atoms with Crippen molar-refractivity contribution in [2.24, 2.45) is 4.99 Å². The lowest BCUT2D eigenvalue weighted by Gasteiger charge is -2.28. The first-order valence-electron chi connectivity index (χ1n) is 11.6. The molecule has 0 aliphatic carbocycles. The lowest BCUT2D eigenvalue weighted by atomic mass is 9.91. The maximum atomic E-state index is 13.9. The third-order valence-electron chi connectivity index (χ3n) is 6.15. The number of rotatable bonds is 6. The molecule has 178 valence electrons. The van der Waals surface area contributed by atoms with E-state index < -0.39 is 0 Å². The van der Waals surface area contributed by atoms with Gasteiger partial charge in [0.2, 0.25) is 0 Å². The Morgan fingerprint density at radius 3 is 2.34 bits per heavy atom. The van der Waals surface area contributed by atoms with E-state index in [0.29, 0.717) is 30.4 Å². The van der Waals surface area contributed by atoms with E-state index in [0.717, 1.165) is 39.6 Å². The van der Waals surface area contributed by atoms with Gasteiger partial charge in [-0.15, -0.1) is 0 Å². The van der Waals surface area contributed by atoms with Gasteiger partial charge in [-0.3, -0.25) is 14.7 Å². The molecule has 0 unspecified atom stereocenters. The first-order chi connectivity index (χ1) is 17.1. The van der Waals surface area contributed by atoms with Crippen molar-refractivity contribution in [1.29, 1.82) is 0 Å². The molecule has 0 fully saturated rings. The summed E-state index contributed by atoms with van der Waals surface area (Å²) in [5.74, 6) is 1.43. The van der Waals surface area contributed by atoms with Crippen LogP contribution >= 0.6 is 11.6 Å². The number of halogens is 1. The molecule has 35 heavy (non-hydrogen) atoms. The Bertz CT molecular complexity index is 1280. The van der Waals surface area contributed by atoms with Crippen LogP contribution < -0.4 is 19.7 Å². The molecule has 0 spiro atoms. The number of amides is 1. The summed E-state index contributed by atoms with van der Waals surface area (Å²) in [7, 11) is 1.64. The number of anilines is 1. The van der Waals surface area contributed by atoms with Gasteiger partial charge in [-0.05, 0) is 61.0 Å². The Labute approximate surface area is 209 Å². The maximum absolute atomic E-state index is 13.9. The van der Waals surface area contributed by atoms with E-state index in [2.05, 4.69) is 5.32 Å². The highest BCUT2D eigenvalue weighted by molar-refractivity contribution is 6.31. The highest BCUT2D eigenvalue weighted by Gasteiger charge is 2.44. The highest BCUT2D eigenvalue weighted by Crippen LogP contribution is 2.43. The standard InChI is InChI=1S/C28H26ClN3O3/c1-3-35-23-14-10-21(11-15-23)32-27(19-6-12-22(34-2)13-7-19)24-25(18-4-8-20(29)9-5-18)30-16-17-31-26(24)28(32)33/h4-15,27,31H,3,16-17H2,1-2H3/t27-/m0/s1. The van der Waals surface area contributed by atoms with Crippen LogP contribution in [0.2, 0.25) is 5.02 Å². The molecule has 0 saturated carbocycles. The molecule has 0 bridgehead atoms. The quantitative estimate of drug-likeness (QED) is 0.520. The van der Waals surface area contributed by atoms with Crippen LogP contribution in [0, 0.1) is 0 Å². The molecule has 1 N–H and O–H groups in total. The van der Waals surface area contributed by atoms with Gasteiger partial charge in [0.15, 0.2) is 0 Å². The number of benzene rings is 3. The molecule has 2 heterocycles. The van der Waals surface area contributed by atoms with Gasteiger partial charge in [0.1, 0.15) is 17.2 Å². The summed E-state index contributed by atoms with van der Waals surface area (Å²) in [6.07, 6.45) is 0. The molecule has 5 rings (SSSR count). The molecule has 3 aromatic carbocycles. The summed E-state index contributed by atoms with van der Waals surface area (Å²) in [4.78, 5) is 20.6. The van der Waals surface area contributed by atoms with Crippen molar-refractivity contribution >= 4 is 28.9 Å². The van der Waals surface area contributed by atoms with Crippen LogP contribution in [-0.4, -0.2) is 38.4 Å². The summed E-state index contributed by atoms with van der Waals surface area (Å²) in [6.45, 7) is 3.67. The average Bonchev–Trinajstić information content (AvgIpc) is 3.02. The minimum atomic E-state index is -0.374. The Morgan fingerprint density at radius 2 is 1.69 bits per heavy atom. The Balaban J connectivity index is 1.66. The number of ether oxygens (including phenoxy) is 2. The molecule has 0 radical (unpaired) electrons. The zero-order valence-electron chi connectivity index (χ0n) is 19.6. The van der Waals surface area contributed by atoms with E-state index in [1.807, 2.05) is 84.6 Å². The number of nitrogens with zero attached hydrogens (tertiary/aromatic N) is 2. The predicted molar refractivity (Wildman–Crippen MR) is 139 cm³/mol. The van der Waals surface area contributed by atoms with Gasteiger partial charge < -0.3 is 14.8 Å². The van der Waals surface area contributed by atoms with Gasteiger partial charge in [0, 0.05) is 28.4 Å². The number of aliphatic imine (C=N–C) groups is 1. The van der Waals surface area contributed by atoms with Crippen molar-refractivity contribution < 1.29 is 14.3 Å². The van der Waals surface area contributed by atoms with Crippen LogP contribution in [0.3, 0.4) is 0 Å². The fourth-order valence-corrected chi connectivity index (χ4v) is 4.69. The molecule has 0 saturated heterocycles. The van der Waals surface area contributed by atoms with Crippen molar-refractivity contribution in [3.05, 3.63) is 100 Å². The molecule has 1 atom stereocenters. The molecule has 2 aliphatic heterocycles. The number of methoxy groups -OCH3 is 1. The Morgan fingerprint density at radius 1 is 1.00 bits per heavy atom. The van der Waals surface area contributed by atoms with Crippen LogP contribution in [0.15, 0.2) is 89.1 Å². The number of hydrogen-bond donors (Lipinski definition) is 1. The second-order valence-corrected chi connectivity index (χ2v) is 8.67. The van der Waals surface area contributed by atoms with Crippen LogP contribution in [0.1, 0.15) is 24.1 Å². The third-order valence-corrected chi connectivity index (χ3v) is 6.40. The zero-order chi connectivity index (χ0) is 24.4. The minimum Gasteiger partial charge on any atom is -0.497 e. The van der Waals surface area contributed by atoms with Gasteiger partial charge in [-0.2, -0.15) is 0 Å². The van der Waals surface area contributed by atoms with Crippen molar-refractivity contribution in [3.8, 4) is 11.5 Å². The fraction of sp³-hybridized carbons (Fsp3) is 0.214. The van der Waals surface area contributed by atoms with Gasteiger partial charge in [0.05, 0.1) is 32.0 Å². The Kier molecular flexibility index (Phi) is 6.47. The van der Waals surface area contributed by atoms with Crippen LogP contribution in [0.4, 0.5) is 5.69 Å². The van der Waals surface area contributed by atoms with Gasteiger partial charge in [-0.1, -0.05) is 35.9 Å². The van der Waals surface area contributed by atoms with Crippen molar-refractivity contribution in [2.45, 2.75) is 13.0 Å². The lowest BCUT2D eigenvalue weighted by Crippen LogP contribution is -2.33. The summed E-state index contributed by atoms with van der Waals surface area (Å²) in [5, 5.41) is 4.01. The molecular weight excluding hydrogens is 462 g/mol. The van der Waals surface area contributed by atoms with Gasteiger partial charge in [0.25, 0.3) is 5.91 Å². The van der Waals surface area contributed by atoms with Gasteiger partial charge in [-0.25, -0.2) is 0 Å². The van der Waals surface area contributed by atoms with Crippen LogP contribution in [0.5, 0.6) is 11.5 Å². The average molecular weight is 488 g/mol. The second-order valence-electron chi connectivity index (χ2n) is 8.23. The largest absolute Gasteiger partial charge is 0.497 e. The molecule has 7 heteroatoms. The van der Waals surface area contributed by atoms with Crippen molar-refractivity contribution in [1.82, 2.24) is 5.32 Å². The van der Waals surface area contributed by atoms with E-state index in [9.17, 15) is 4.79 Å².